The van der Waals surface area contributed by atoms with Gasteiger partial charge in [0.2, 0.25) is 5.91 Å². The lowest BCUT2D eigenvalue weighted by Gasteiger charge is -2.23. The second-order valence-electron chi connectivity index (χ2n) is 6.39. The molecule has 3 rings (SSSR count). The van der Waals surface area contributed by atoms with Gasteiger partial charge in [0, 0.05) is 30.9 Å². The van der Waals surface area contributed by atoms with Crippen LogP contribution in [-0.4, -0.2) is 28.8 Å². The highest BCUT2D eigenvalue weighted by atomic mass is 19.4. The minimum Gasteiger partial charge on any atom is -0.350 e. The Morgan fingerprint density at radius 1 is 1.31 bits per heavy atom. The fourth-order valence-corrected chi connectivity index (χ4v) is 3.26. The molecule has 0 spiro atoms. The summed E-state index contributed by atoms with van der Waals surface area (Å²) in [5, 5.41) is 10.1. The number of benzene rings is 1. The van der Waals surface area contributed by atoms with E-state index in [0.717, 1.165) is 37.7 Å². The molecule has 1 aromatic heterocycles. The number of hydrogen-bond donors (Lipinski definition) is 2. The van der Waals surface area contributed by atoms with Crippen LogP contribution in [0.2, 0.25) is 0 Å². The van der Waals surface area contributed by atoms with Gasteiger partial charge in [0.15, 0.2) is 0 Å². The average molecular weight is 366 g/mol. The van der Waals surface area contributed by atoms with Gasteiger partial charge < -0.3 is 10.6 Å². The van der Waals surface area contributed by atoms with Crippen LogP contribution >= 0.6 is 0 Å². The van der Waals surface area contributed by atoms with Gasteiger partial charge >= 0.3 is 6.18 Å². The number of nitrogens with one attached hydrogen (secondary N) is 2. The lowest BCUT2D eigenvalue weighted by Crippen LogP contribution is -2.32. The summed E-state index contributed by atoms with van der Waals surface area (Å²) in [5.74, 6) is -0.0688. The third kappa shape index (κ3) is 4.43. The molecule has 1 amide bonds. The van der Waals surface area contributed by atoms with E-state index in [1.54, 1.807) is 10.9 Å². The van der Waals surface area contributed by atoms with Crippen molar-refractivity contribution in [2.24, 2.45) is 0 Å². The summed E-state index contributed by atoms with van der Waals surface area (Å²) in [4.78, 5) is 12.2. The number of hydrogen-bond acceptors (Lipinski definition) is 3. The number of carbonyl (C=O) groups excluding carboxylic acids is 1. The van der Waals surface area contributed by atoms with Crippen molar-refractivity contribution in [1.29, 1.82) is 0 Å². The van der Waals surface area contributed by atoms with Gasteiger partial charge in [-0.3, -0.25) is 9.48 Å². The van der Waals surface area contributed by atoms with Crippen LogP contribution in [-0.2, 0) is 24.1 Å². The number of piperidine rings is 1. The first-order valence-electron chi connectivity index (χ1n) is 8.59. The van der Waals surface area contributed by atoms with Crippen LogP contribution in [0.5, 0.6) is 0 Å². The maximum atomic E-state index is 13.0. The van der Waals surface area contributed by atoms with Crippen molar-refractivity contribution in [2.75, 3.05) is 13.1 Å². The van der Waals surface area contributed by atoms with Crippen molar-refractivity contribution >= 4 is 5.91 Å². The van der Waals surface area contributed by atoms with Gasteiger partial charge in [-0.1, -0.05) is 18.2 Å². The van der Waals surface area contributed by atoms with E-state index in [-0.39, 0.29) is 24.6 Å². The molecule has 1 aromatic carbocycles. The van der Waals surface area contributed by atoms with Crippen LogP contribution < -0.4 is 10.6 Å². The summed E-state index contributed by atoms with van der Waals surface area (Å²) in [6, 6.07) is 7.14. The van der Waals surface area contributed by atoms with Crippen LogP contribution in [0, 0.1) is 0 Å². The summed E-state index contributed by atoms with van der Waals surface area (Å²) in [5.41, 5.74) is 0.293. The topological polar surface area (TPSA) is 59.0 Å². The Balaban J connectivity index is 1.62. The molecule has 1 unspecified atom stereocenters. The minimum absolute atomic E-state index is 0.00693. The third-order valence-corrected chi connectivity index (χ3v) is 4.56. The number of carbonyl (C=O) groups is 1. The fourth-order valence-electron chi connectivity index (χ4n) is 3.26. The first kappa shape index (κ1) is 18.4. The van der Waals surface area contributed by atoms with Crippen molar-refractivity contribution in [3.8, 4) is 0 Å². The molecule has 2 N–H and O–H groups in total. The number of amides is 1. The third-order valence-electron chi connectivity index (χ3n) is 4.56. The van der Waals surface area contributed by atoms with Crippen LogP contribution in [0.25, 0.3) is 0 Å². The molecule has 1 atom stereocenters. The fraction of sp³-hybridized carbons (Fsp3) is 0.444. The second kappa shape index (κ2) is 7.90. The van der Waals surface area contributed by atoms with Crippen molar-refractivity contribution in [3.05, 3.63) is 53.3 Å². The maximum absolute atomic E-state index is 13.0. The smallest absolute Gasteiger partial charge is 0.350 e. The van der Waals surface area contributed by atoms with Gasteiger partial charge in [0.1, 0.15) is 6.54 Å². The average Bonchev–Trinajstić information content (AvgIpc) is 3.08. The first-order chi connectivity index (χ1) is 12.4. The van der Waals surface area contributed by atoms with E-state index in [1.807, 2.05) is 6.07 Å². The Kier molecular flexibility index (Phi) is 5.61. The molecule has 1 aliphatic rings. The highest BCUT2D eigenvalue weighted by Gasteiger charge is 2.32. The van der Waals surface area contributed by atoms with E-state index in [1.165, 1.54) is 18.2 Å². The van der Waals surface area contributed by atoms with Crippen molar-refractivity contribution in [2.45, 2.75) is 38.0 Å². The molecule has 0 radical (unpaired) electrons. The zero-order chi connectivity index (χ0) is 18.6. The monoisotopic (exact) mass is 366 g/mol. The van der Waals surface area contributed by atoms with E-state index in [4.69, 9.17) is 0 Å². The summed E-state index contributed by atoms with van der Waals surface area (Å²) >= 11 is 0. The van der Waals surface area contributed by atoms with Gasteiger partial charge in [0.05, 0.1) is 5.56 Å². The molecule has 140 valence electrons. The van der Waals surface area contributed by atoms with Crippen molar-refractivity contribution in [3.63, 3.8) is 0 Å². The van der Waals surface area contributed by atoms with Gasteiger partial charge in [0.25, 0.3) is 0 Å². The number of aromatic nitrogens is 2. The Morgan fingerprint density at radius 3 is 2.85 bits per heavy atom. The van der Waals surface area contributed by atoms with E-state index < -0.39 is 11.7 Å². The van der Waals surface area contributed by atoms with E-state index in [0.29, 0.717) is 5.92 Å². The number of alkyl halides is 3. The zero-order valence-corrected chi connectivity index (χ0v) is 14.2. The molecule has 2 heterocycles. The quantitative estimate of drug-likeness (QED) is 0.855. The van der Waals surface area contributed by atoms with E-state index in [9.17, 15) is 18.0 Å². The lowest BCUT2D eigenvalue weighted by atomic mass is 9.96. The molecule has 1 saturated heterocycles. The maximum Gasteiger partial charge on any atom is 0.416 e. The Morgan fingerprint density at radius 2 is 2.12 bits per heavy atom. The minimum atomic E-state index is -4.44. The van der Waals surface area contributed by atoms with Gasteiger partial charge in [-0.15, -0.1) is 0 Å². The molecule has 5 nitrogen and oxygen atoms in total. The lowest BCUT2D eigenvalue weighted by molar-refractivity contribution is -0.138. The van der Waals surface area contributed by atoms with Gasteiger partial charge in [-0.2, -0.15) is 18.3 Å². The molecule has 26 heavy (non-hydrogen) atoms. The molecule has 2 aromatic rings. The SMILES string of the molecule is O=C(Cn1nccc1C1CCCNC1)NCc1ccccc1C(F)(F)F. The van der Waals surface area contributed by atoms with Crippen molar-refractivity contribution < 1.29 is 18.0 Å². The van der Waals surface area contributed by atoms with Crippen LogP contribution in [0.1, 0.15) is 35.6 Å². The molecule has 1 fully saturated rings. The molecule has 0 bridgehead atoms. The predicted molar refractivity (Wildman–Crippen MR) is 90.4 cm³/mol. The molecule has 0 saturated carbocycles. The second-order valence-corrected chi connectivity index (χ2v) is 6.39. The number of rotatable bonds is 5. The highest BCUT2D eigenvalue weighted by molar-refractivity contribution is 5.75. The summed E-state index contributed by atoms with van der Waals surface area (Å²) in [7, 11) is 0. The molecular formula is C18H21F3N4O. The van der Waals surface area contributed by atoms with Gasteiger partial charge in [-0.05, 0) is 37.1 Å². The van der Waals surface area contributed by atoms with Crippen LogP contribution in [0.15, 0.2) is 36.5 Å². The van der Waals surface area contributed by atoms with Crippen LogP contribution in [0.3, 0.4) is 0 Å². The van der Waals surface area contributed by atoms with E-state index >= 15 is 0 Å². The largest absolute Gasteiger partial charge is 0.416 e. The summed E-state index contributed by atoms with van der Waals surface area (Å²) < 4.78 is 40.6. The normalized spacial score (nSPS) is 17.9. The van der Waals surface area contributed by atoms with Gasteiger partial charge in [-0.25, -0.2) is 0 Å². The standard InChI is InChI=1S/C18H21F3N4O/c19-18(20,21)15-6-2-1-4-13(15)11-23-17(26)12-25-16(7-9-24-25)14-5-3-8-22-10-14/h1-2,4,6-7,9,14,22H,3,5,8,10-12H2,(H,23,26). The number of nitrogens with zero attached hydrogens (tertiary/aromatic N) is 2. The Hall–Kier alpha value is -2.35. The Bertz CT molecular complexity index is 751. The highest BCUT2D eigenvalue weighted by Crippen LogP contribution is 2.31. The zero-order valence-electron chi connectivity index (χ0n) is 14.2. The van der Waals surface area contributed by atoms with Crippen LogP contribution in [0.4, 0.5) is 13.2 Å². The molecule has 8 heteroatoms. The molecular weight excluding hydrogens is 345 g/mol. The summed E-state index contributed by atoms with van der Waals surface area (Å²) in [6.07, 6.45) is -0.698. The van der Waals surface area contributed by atoms with Crippen molar-refractivity contribution in [1.82, 2.24) is 20.4 Å². The first-order valence-corrected chi connectivity index (χ1v) is 8.59. The molecule has 1 aliphatic heterocycles. The molecule has 0 aliphatic carbocycles. The Labute approximate surface area is 149 Å². The number of halogens is 3. The summed E-state index contributed by atoms with van der Waals surface area (Å²) in [6.45, 7) is 1.65. The predicted octanol–water partition coefficient (Wildman–Crippen LogP) is 2.69. The van der Waals surface area contributed by atoms with E-state index in [2.05, 4.69) is 15.7 Å².